The Morgan fingerprint density at radius 1 is 0.786 bits per heavy atom. The standard InChI is InChI=1S/C26H27NO/c1-19(2)24-25(27(24)20(3)21-13-7-4-8-14-21)26(28,22-15-9-5-10-16-22)23-17-11-6-12-18-23/h4-18,20,25,28H,1-3H3/t20-,25-,27?/m0/s1. The summed E-state index contributed by atoms with van der Waals surface area (Å²) >= 11 is 0. The van der Waals surface area contributed by atoms with Crippen LogP contribution in [-0.4, -0.2) is 16.0 Å². The van der Waals surface area contributed by atoms with Crippen LogP contribution in [0.3, 0.4) is 0 Å². The highest BCUT2D eigenvalue weighted by molar-refractivity contribution is 5.49. The summed E-state index contributed by atoms with van der Waals surface area (Å²) < 4.78 is 0. The van der Waals surface area contributed by atoms with Crippen molar-refractivity contribution in [1.29, 1.82) is 0 Å². The van der Waals surface area contributed by atoms with Gasteiger partial charge in [-0.3, -0.25) is 0 Å². The maximum absolute atomic E-state index is 12.2. The molecule has 0 saturated carbocycles. The molecule has 0 aromatic heterocycles. The van der Waals surface area contributed by atoms with Gasteiger partial charge >= 0.3 is 0 Å². The van der Waals surface area contributed by atoms with Gasteiger partial charge in [0.2, 0.25) is 0 Å². The van der Waals surface area contributed by atoms with Gasteiger partial charge in [-0.1, -0.05) is 96.6 Å². The Kier molecular flexibility index (Phi) is 4.82. The van der Waals surface area contributed by atoms with Gasteiger partial charge in [0, 0.05) is 5.70 Å². The third kappa shape index (κ3) is 3.04. The molecule has 3 aromatic carbocycles. The normalized spacial score (nSPS) is 17.4. The third-order valence-corrected chi connectivity index (χ3v) is 5.78. The summed E-state index contributed by atoms with van der Waals surface area (Å²) in [6.07, 6.45) is 0. The van der Waals surface area contributed by atoms with Gasteiger partial charge in [-0.15, -0.1) is 0 Å². The Bertz CT molecular complexity index is 920. The quantitative estimate of drug-likeness (QED) is 0.586. The predicted octanol–water partition coefficient (Wildman–Crippen LogP) is 5.66. The lowest BCUT2D eigenvalue weighted by molar-refractivity contribution is 0.0605. The first-order valence-electron chi connectivity index (χ1n) is 9.89. The molecular weight excluding hydrogens is 342 g/mol. The number of allylic oxidation sites excluding steroid dienone is 1. The Morgan fingerprint density at radius 3 is 1.64 bits per heavy atom. The second-order valence-electron chi connectivity index (χ2n) is 7.78. The number of benzene rings is 3. The molecule has 2 atom stereocenters. The van der Waals surface area contributed by atoms with Crippen LogP contribution in [0.2, 0.25) is 0 Å². The number of hydrogen-bond acceptors (Lipinski definition) is 2. The highest BCUT2D eigenvalue weighted by atomic mass is 16.3. The summed E-state index contributed by atoms with van der Waals surface area (Å²) in [6.45, 7) is 6.49. The molecule has 1 heterocycles. The largest absolute Gasteiger partial charge is 0.378 e. The third-order valence-electron chi connectivity index (χ3n) is 5.78. The molecule has 0 aliphatic carbocycles. The van der Waals surface area contributed by atoms with Gasteiger partial charge in [0.05, 0.1) is 6.04 Å². The summed E-state index contributed by atoms with van der Waals surface area (Å²) in [5.74, 6) is 0. The van der Waals surface area contributed by atoms with E-state index >= 15 is 0 Å². The van der Waals surface area contributed by atoms with Crippen molar-refractivity contribution in [2.24, 2.45) is 0 Å². The van der Waals surface area contributed by atoms with Crippen molar-refractivity contribution < 1.29 is 5.11 Å². The van der Waals surface area contributed by atoms with Crippen molar-refractivity contribution in [2.75, 3.05) is 0 Å². The van der Waals surface area contributed by atoms with Crippen molar-refractivity contribution in [3.8, 4) is 0 Å². The van der Waals surface area contributed by atoms with Crippen LogP contribution in [0.4, 0.5) is 0 Å². The zero-order chi connectivity index (χ0) is 19.7. The summed E-state index contributed by atoms with van der Waals surface area (Å²) in [5.41, 5.74) is 4.48. The van der Waals surface area contributed by atoms with E-state index in [0.29, 0.717) is 0 Å². The highest BCUT2D eigenvalue weighted by Gasteiger charge is 2.58. The Morgan fingerprint density at radius 2 is 1.21 bits per heavy atom. The van der Waals surface area contributed by atoms with Crippen LogP contribution in [0.5, 0.6) is 0 Å². The van der Waals surface area contributed by atoms with E-state index in [1.54, 1.807) is 0 Å². The molecule has 3 aromatic rings. The first kappa shape index (κ1) is 18.5. The van der Waals surface area contributed by atoms with Gasteiger partial charge in [-0.2, -0.15) is 0 Å². The van der Waals surface area contributed by atoms with Crippen molar-refractivity contribution in [2.45, 2.75) is 38.5 Å². The maximum atomic E-state index is 12.2. The summed E-state index contributed by atoms with van der Waals surface area (Å²) in [6, 6.07) is 30.7. The van der Waals surface area contributed by atoms with Crippen LogP contribution in [0.1, 0.15) is 43.5 Å². The van der Waals surface area contributed by atoms with E-state index in [2.05, 4.69) is 49.9 Å². The molecule has 142 valence electrons. The minimum absolute atomic E-state index is 0.0856. The number of hydrogen-bond donors (Lipinski definition) is 1. The molecule has 0 spiro atoms. The van der Waals surface area contributed by atoms with E-state index in [4.69, 9.17) is 0 Å². The average Bonchev–Trinajstić information content (AvgIpc) is 3.51. The molecule has 1 aliphatic heterocycles. The zero-order valence-corrected chi connectivity index (χ0v) is 16.7. The van der Waals surface area contributed by atoms with Crippen molar-refractivity contribution in [3.05, 3.63) is 119 Å². The van der Waals surface area contributed by atoms with Crippen molar-refractivity contribution in [3.63, 3.8) is 0 Å². The number of rotatable bonds is 5. The summed E-state index contributed by atoms with van der Waals surface area (Å²) in [4.78, 5) is 2.37. The van der Waals surface area contributed by atoms with Crippen LogP contribution in [-0.2, 0) is 5.60 Å². The van der Waals surface area contributed by atoms with E-state index < -0.39 is 5.60 Å². The molecule has 1 N–H and O–H groups in total. The van der Waals surface area contributed by atoms with Gasteiger partial charge in [0.15, 0.2) is 0 Å². The van der Waals surface area contributed by atoms with Gasteiger partial charge in [-0.05, 0) is 37.5 Å². The molecular formula is C26H27NO. The molecule has 1 aliphatic rings. The van der Waals surface area contributed by atoms with E-state index in [9.17, 15) is 5.11 Å². The van der Waals surface area contributed by atoms with Crippen LogP contribution < -0.4 is 0 Å². The van der Waals surface area contributed by atoms with Gasteiger partial charge < -0.3 is 10.0 Å². The van der Waals surface area contributed by atoms with Crippen molar-refractivity contribution >= 4 is 0 Å². The van der Waals surface area contributed by atoms with Crippen LogP contribution in [0.15, 0.2) is 102 Å². The van der Waals surface area contributed by atoms with E-state index in [-0.39, 0.29) is 12.1 Å². The molecule has 2 heteroatoms. The minimum Gasteiger partial charge on any atom is -0.378 e. The molecule has 4 rings (SSSR count). The predicted molar refractivity (Wildman–Crippen MR) is 115 cm³/mol. The molecule has 28 heavy (non-hydrogen) atoms. The zero-order valence-electron chi connectivity index (χ0n) is 16.7. The number of aliphatic hydroxyl groups is 1. The molecule has 2 nitrogen and oxygen atoms in total. The Labute approximate surface area is 167 Å². The van der Waals surface area contributed by atoms with E-state index in [0.717, 1.165) is 11.1 Å². The minimum atomic E-state index is -1.10. The molecule has 0 amide bonds. The fraction of sp³-hybridized carbons (Fsp3) is 0.231. The second-order valence-corrected chi connectivity index (χ2v) is 7.78. The average molecular weight is 370 g/mol. The lowest BCUT2D eigenvalue weighted by Crippen LogP contribution is -2.36. The smallest absolute Gasteiger partial charge is 0.140 e. The summed E-state index contributed by atoms with van der Waals surface area (Å²) in [5, 5.41) is 12.2. The van der Waals surface area contributed by atoms with Crippen LogP contribution >= 0.6 is 0 Å². The Balaban J connectivity index is 1.83. The number of nitrogens with zero attached hydrogens (tertiary/aromatic N) is 1. The Hall–Kier alpha value is -2.84. The molecule has 1 saturated heterocycles. The van der Waals surface area contributed by atoms with E-state index in [1.807, 2.05) is 66.7 Å². The topological polar surface area (TPSA) is 23.2 Å². The molecule has 0 radical (unpaired) electrons. The molecule has 0 bridgehead atoms. The van der Waals surface area contributed by atoms with Crippen LogP contribution in [0.25, 0.3) is 0 Å². The highest BCUT2D eigenvalue weighted by Crippen LogP contribution is 2.54. The molecule has 1 fully saturated rings. The first-order chi connectivity index (χ1) is 13.5. The van der Waals surface area contributed by atoms with Crippen LogP contribution in [0, 0.1) is 0 Å². The second kappa shape index (κ2) is 7.29. The molecule has 0 unspecified atom stereocenters. The van der Waals surface area contributed by atoms with Crippen molar-refractivity contribution in [1.82, 2.24) is 4.90 Å². The SMILES string of the molecule is CC(C)=C1[C@@H](C(O)(c2ccccc2)c2ccccc2)N1[C@@H](C)c1ccccc1. The van der Waals surface area contributed by atoms with Gasteiger partial charge in [0.1, 0.15) is 11.6 Å². The fourth-order valence-electron chi connectivity index (χ4n) is 4.33. The lowest BCUT2D eigenvalue weighted by Gasteiger charge is -2.30. The summed E-state index contributed by atoms with van der Waals surface area (Å²) in [7, 11) is 0. The van der Waals surface area contributed by atoms with Gasteiger partial charge in [0.25, 0.3) is 0 Å². The monoisotopic (exact) mass is 369 g/mol. The first-order valence-corrected chi connectivity index (χ1v) is 9.89. The van der Waals surface area contributed by atoms with Gasteiger partial charge in [-0.25, -0.2) is 0 Å². The fourth-order valence-corrected chi connectivity index (χ4v) is 4.33. The lowest BCUT2D eigenvalue weighted by atomic mass is 9.82. The maximum Gasteiger partial charge on any atom is 0.140 e. The van der Waals surface area contributed by atoms with E-state index in [1.165, 1.54) is 16.8 Å².